The van der Waals surface area contributed by atoms with Crippen molar-refractivity contribution < 1.29 is 37.9 Å². The van der Waals surface area contributed by atoms with Crippen molar-refractivity contribution in [3.8, 4) is 0 Å². The quantitative estimate of drug-likeness (QED) is 0.401. The molecule has 1 unspecified atom stereocenters. The number of quaternary nitrogens is 1. The van der Waals surface area contributed by atoms with E-state index >= 15 is 0 Å². The number of hydrogen-bond acceptors (Lipinski definition) is 2. The molecule has 0 aromatic carbocycles. The van der Waals surface area contributed by atoms with Crippen molar-refractivity contribution in [2.45, 2.75) is 6.10 Å². The largest absolute Gasteiger partial charge is 1.00 e. The van der Waals surface area contributed by atoms with Gasteiger partial charge in [-0.15, -0.1) is 0 Å². The lowest BCUT2D eigenvalue weighted by Gasteiger charge is -2.31. The van der Waals surface area contributed by atoms with Gasteiger partial charge in [-0.2, -0.15) is 0 Å². The molecule has 3 nitrogen and oxygen atoms in total. The molecule has 74 valence electrons. The molecule has 0 aromatic rings. The van der Waals surface area contributed by atoms with Crippen LogP contribution in [0.5, 0.6) is 0 Å². The van der Waals surface area contributed by atoms with Gasteiger partial charge in [-0.1, -0.05) is 0 Å². The summed E-state index contributed by atoms with van der Waals surface area (Å²) in [6, 6.07) is 0. The zero-order chi connectivity index (χ0) is 8.32. The Morgan fingerprint density at radius 1 is 1.25 bits per heavy atom. The highest BCUT2D eigenvalue weighted by molar-refractivity contribution is 4.58. The van der Waals surface area contributed by atoms with Gasteiger partial charge in [0.25, 0.3) is 0 Å². The van der Waals surface area contributed by atoms with E-state index < -0.39 is 0 Å². The van der Waals surface area contributed by atoms with Crippen LogP contribution in [0.3, 0.4) is 0 Å². The smallest absolute Gasteiger partial charge is 0.130 e. The Morgan fingerprint density at radius 2 is 1.92 bits per heavy atom. The van der Waals surface area contributed by atoms with Crippen LogP contribution in [0.1, 0.15) is 0 Å². The summed E-state index contributed by atoms with van der Waals surface area (Å²) in [5.74, 6) is 0. The maximum absolute atomic E-state index is 5.51. The minimum absolute atomic E-state index is 0. The van der Waals surface area contributed by atoms with Crippen molar-refractivity contribution in [3.63, 3.8) is 0 Å². The van der Waals surface area contributed by atoms with E-state index in [1.807, 2.05) is 0 Å². The minimum atomic E-state index is 0. The molecule has 1 aliphatic rings. The zero-order valence-corrected chi connectivity index (χ0v) is 10.2. The van der Waals surface area contributed by atoms with Crippen molar-refractivity contribution in [1.82, 2.24) is 0 Å². The average Bonchev–Trinajstić information content (AvgIpc) is 1.85. The fourth-order valence-electron chi connectivity index (χ4n) is 1.25. The second-order valence-corrected chi connectivity index (χ2v) is 4.04. The summed E-state index contributed by atoms with van der Waals surface area (Å²) >= 11 is 0. The molecule has 0 saturated carbocycles. The van der Waals surface area contributed by atoms with Gasteiger partial charge in [-0.25, -0.2) is 0 Å². The molecule has 0 aliphatic carbocycles. The number of hydrogen-bond donors (Lipinski definition) is 0. The van der Waals surface area contributed by atoms with Crippen LogP contribution >= 0.6 is 0 Å². The predicted octanol–water partition coefficient (Wildman–Crippen LogP) is -2.89. The SMILES string of the molecule is C[N+](C)(C)CC1COCCO1.[I-]. The molecule has 1 aliphatic heterocycles. The Hall–Kier alpha value is 0.610. The third kappa shape index (κ3) is 5.29. The molecule has 12 heavy (non-hydrogen) atoms. The summed E-state index contributed by atoms with van der Waals surface area (Å²) in [7, 11) is 6.49. The lowest BCUT2D eigenvalue weighted by molar-refractivity contribution is -0.874. The highest BCUT2D eigenvalue weighted by Gasteiger charge is 2.21. The summed E-state index contributed by atoms with van der Waals surface area (Å²) < 4.78 is 11.7. The maximum Gasteiger partial charge on any atom is 0.130 e. The van der Waals surface area contributed by atoms with Crippen LogP contribution in [0.2, 0.25) is 0 Å². The molecule has 1 rings (SSSR count). The first-order valence-electron chi connectivity index (χ1n) is 4.08. The molecule has 0 N–H and O–H groups in total. The second-order valence-electron chi connectivity index (χ2n) is 4.04. The summed E-state index contributed by atoms with van der Waals surface area (Å²) in [6.07, 6.45) is 0.295. The van der Waals surface area contributed by atoms with Crippen molar-refractivity contribution in [2.24, 2.45) is 0 Å². The normalized spacial score (nSPS) is 24.8. The first-order valence-corrected chi connectivity index (χ1v) is 4.08. The van der Waals surface area contributed by atoms with Crippen LogP contribution in [0.15, 0.2) is 0 Å². The van der Waals surface area contributed by atoms with E-state index in [-0.39, 0.29) is 24.0 Å². The second kappa shape index (κ2) is 5.36. The molecule has 1 heterocycles. The first-order chi connectivity index (χ1) is 5.08. The lowest BCUT2D eigenvalue weighted by Crippen LogP contribution is -3.00. The minimum Gasteiger partial charge on any atom is -1.00 e. The molecule has 1 fully saturated rings. The number of ether oxygens (including phenoxy) is 2. The van der Waals surface area contributed by atoms with Crippen LogP contribution in [0.25, 0.3) is 0 Å². The summed E-state index contributed by atoms with van der Waals surface area (Å²) in [5.41, 5.74) is 0. The Kier molecular flexibility index (Phi) is 5.64. The van der Waals surface area contributed by atoms with Gasteiger partial charge in [0.05, 0.1) is 41.0 Å². The van der Waals surface area contributed by atoms with Crippen LogP contribution in [-0.4, -0.2) is 58.1 Å². The van der Waals surface area contributed by atoms with E-state index in [4.69, 9.17) is 9.47 Å². The molecule has 0 spiro atoms. The molecule has 1 saturated heterocycles. The van der Waals surface area contributed by atoms with Crippen LogP contribution in [0.4, 0.5) is 0 Å². The van der Waals surface area contributed by atoms with E-state index in [0.29, 0.717) is 6.10 Å². The van der Waals surface area contributed by atoms with Gasteiger partial charge in [0.1, 0.15) is 12.6 Å². The van der Waals surface area contributed by atoms with Gasteiger partial charge < -0.3 is 37.9 Å². The topological polar surface area (TPSA) is 18.5 Å². The fraction of sp³-hybridized carbons (Fsp3) is 1.00. The number of halogens is 1. The van der Waals surface area contributed by atoms with E-state index in [1.54, 1.807) is 0 Å². The van der Waals surface area contributed by atoms with Crippen molar-refractivity contribution >= 4 is 0 Å². The molecular weight excluding hydrogens is 269 g/mol. The monoisotopic (exact) mass is 287 g/mol. The van der Waals surface area contributed by atoms with E-state index in [9.17, 15) is 0 Å². The molecule has 0 radical (unpaired) electrons. The number of likely N-dealkylation sites (N-methyl/N-ethyl adjacent to an activating group) is 1. The van der Waals surface area contributed by atoms with E-state index in [0.717, 1.165) is 30.8 Å². The van der Waals surface area contributed by atoms with E-state index in [1.165, 1.54) is 0 Å². The summed E-state index contributed by atoms with van der Waals surface area (Å²) in [5, 5.41) is 0. The van der Waals surface area contributed by atoms with Gasteiger partial charge >= 0.3 is 0 Å². The Bertz CT molecular complexity index is 119. The van der Waals surface area contributed by atoms with Gasteiger partial charge in [0, 0.05) is 0 Å². The highest BCUT2D eigenvalue weighted by atomic mass is 127. The molecule has 0 aromatic heterocycles. The summed E-state index contributed by atoms with van der Waals surface area (Å²) in [6.45, 7) is 3.30. The maximum atomic E-state index is 5.51. The van der Waals surface area contributed by atoms with Crippen LogP contribution < -0.4 is 24.0 Å². The van der Waals surface area contributed by atoms with Crippen LogP contribution in [0, 0.1) is 0 Å². The number of nitrogens with zero attached hydrogens (tertiary/aromatic N) is 1. The standard InChI is InChI=1S/C8H18NO2.HI/c1-9(2,3)6-8-7-10-4-5-11-8;/h8H,4-7H2,1-3H3;1H/q+1;/p-1. The zero-order valence-electron chi connectivity index (χ0n) is 8.05. The highest BCUT2D eigenvalue weighted by Crippen LogP contribution is 2.04. The predicted molar refractivity (Wildman–Crippen MR) is 43.5 cm³/mol. The van der Waals surface area contributed by atoms with Crippen molar-refractivity contribution in [1.29, 1.82) is 0 Å². The first kappa shape index (κ1) is 12.6. The van der Waals surface area contributed by atoms with Gasteiger partial charge in [-0.3, -0.25) is 0 Å². The molecule has 0 amide bonds. The third-order valence-corrected chi connectivity index (χ3v) is 1.64. The van der Waals surface area contributed by atoms with Crippen molar-refractivity contribution in [2.75, 3.05) is 47.5 Å². The van der Waals surface area contributed by atoms with Crippen LogP contribution in [-0.2, 0) is 9.47 Å². The number of rotatable bonds is 2. The summed E-state index contributed by atoms with van der Waals surface area (Å²) in [4.78, 5) is 0. The third-order valence-electron chi connectivity index (χ3n) is 1.64. The Balaban J connectivity index is 0.00000121. The van der Waals surface area contributed by atoms with Gasteiger partial charge in [0.2, 0.25) is 0 Å². The molecule has 1 atom stereocenters. The average molecular weight is 287 g/mol. The molecular formula is C8H18INO2. The van der Waals surface area contributed by atoms with Gasteiger partial charge in [0.15, 0.2) is 0 Å². The molecule has 4 heteroatoms. The fourth-order valence-corrected chi connectivity index (χ4v) is 1.25. The molecule has 0 bridgehead atoms. The van der Waals surface area contributed by atoms with Crippen molar-refractivity contribution in [3.05, 3.63) is 0 Å². The Morgan fingerprint density at radius 3 is 2.33 bits per heavy atom. The Labute approximate surface area is 91.6 Å². The lowest BCUT2D eigenvalue weighted by atomic mass is 10.3. The van der Waals surface area contributed by atoms with E-state index in [2.05, 4.69) is 21.1 Å². The van der Waals surface area contributed by atoms with Gasteiger partial charge in [-0.05, 0) is 0 Å².